The maximum absolute atomic E-state index is 14.7. The van der Waals surface area contributed by atoms with E-state index in [4.69, 9.17) is 15.2 Å². The van der Waals surface area contributed by atoms with Gasteiger partial charge in [0.15, 0.2) is 0 Å². The summed E-state index contributed by atoms with van der Waals surface area (Å²) in [7, 11) is 0. The zero-order chi connectivity index (χ0) is 25.5. The third kappa shape index (κ3) is 5.93. The molecule has 3 heterocycles. The van der Waals surface area contributed by atoms with Crippen molar-refractivity contribution in [2.45, 2.75) is 6.92 Å². The van der Waals surface area contributed by atoms with E-state index in [1.165, 1.54) is 24.5 Å². The van der Waals surface area contributed by atoms with Crippen LogP contribution in [0.15, 0.2) is 53.9 Å². The number of benzene rings is 1. The van der Waals surface area contributed by atoms with Crippen molar-refractivity contribution in [3.05, 3.63) is 60.3 Å². The van der Waals surface area contributed by atoms with E-state index in [0.717, 1.165) is 13.1 Å². The predicted molar refractivity (Wildman–Crippen MR) is 137 cm³/mol. The smallest absolute Gasteiger partial charge is 0.413 e. The normalized spacial score (nSPS) is 14.9. The average Bonchev–Trinajstić information content (AvgIpc) is 3.27. The SMILES string of the molecule is C=C(CN1CCOCC1)N=C/C(=C\N)c1cc(-c2ncccc2F)c2nc(NC(=O)OCC)[nH]c2c1. The molecule has 0 bridgehead atoms. The van der Waals surface area contributed by atoms with Crippen LogP contribution in [-0.4, -0.2) is 71.6 Å². The maximum atomic E-state index is 14.7. The van der Waals surface area contributed by atoms with Crippen molar-refractivity contribution in [3.8, 4) is 11.3 Å². The van der Waals surface area contributed by atoms with Crippen molar-refractivity contribution in [3.63, 3.8) is 0 Å². The number of nitrogens with one attached hydrogen (secondary N) is 2. The molecule has 36 heavy (non-hydrogen) atoms. The molecule has 10 nitrogen and oxygen atoms in total. The summed E-state index contributed by atoms with van der Waals surface area (Å²) >= 11 is 0. The Balaban J connectivity index is 1.68. The van der Waals surface area contributed by atoms with Gasteiger partial charge in [0.05, 0.1) is 25.3 Å². The summed E-state index contributed by atoms with van der Waals surface area (Å²) in [5.41, 5.74) is 9.37. The van der Waals surface area contributed by atoms with E-state index < -0.39 is 11.9 Å². The third-order valence-electron chi connectivity index (χ3n) is 5.51. The number of aromatic nitrogens is 3. The van der Waals surface area contributed by atoms with E-state index in [2.05, 4.69) is 36.7 Å². The van der Waals surface area contributed by atoms with Crippen LogP contribution in [-0.2, 0) is 9.47 Å². The monoisotopic (exact) mass is 493 g/mol. The minimum absolute atomic E-state index is 0.114. The number of imidazole rings is 1. The second-order valence-electron chi connectivity index (χ2n) is 8.02. The number of nitrogens with zero attached hydrogens (tertiary/aromatic N) is 4. The van der Waals surface area contributed by atoms with E-state index in [1.54, 1.807) is 25.3 Å². The third-order valence-corrected chi connectivity index (χ3v) is 5.51. The Hall–Kier alpha value is -4.09. The first-order valence-electron chi connectivity index (χ1n) is 11.5. The number of carbonyl (C=O) groups excluding carboxylic acids is 1. The van der Waals surface area contributed by atoms with E-state index in [1.807, 2.05) is 0 Å². The Kier molecular flexibility index (Phi) is 8.03. The highest BCUT2D eigenvalue weighted by atomic mass is 19.1. The second-order valence-corrected chi connectivity index (χ2v) is 8.02. The fraction of sp³-hybridized carbons (Fsp3) is 0.280. The predicted octanol–water partition coefficient (Wildman–Crippen LogP) is 3.55. The Labute approximate surface area is 207 Å². The van der Waals surface area contributed by atoms with Gasteiger partial charge >= 0.3 is 6.09 Å². The van der Waals surface area contributed by atoms with Gasteiger partial charge in [0.25, 0.3) is 0 Å². The van der Waals surface area contributed by atoms with Crippen LogP contribution in [0, 0.1) is 5.82 Å². The molecule has 0 unspecified atom stereocenters. The number of aromatic amines is 1. The number of morpholine rings is 1. The van der Waals surface area contributed by atoms with Crippen LogP contribution in [0.2, 0.25) is 0 Å². The summed E-state index contributed by atoms with van der Waals surface area (Å²) in [5, 5.41) is 2.53. The van der Waals surface area contributed by atoms with Gasteiger partial charge in [-0.15, -0.1) is 0 Å². The van der Waals surface area contributed by atoms with Crippen LogP contribution < -0.4 is 11.1 Å². The van der Waals surface area contributed by atoms with Crippen molar-refractivity contribution in [1.82, 2.24) is 19.9 Å². The van der Waals surface area contributed by atoms with Crippen LogP contribution >= 0.6 is 0 Å². The van der Waals surface area contributed by atoms with Crippen LogP contribution in [0.3, 0.4) is 0 Å². The molecule has 0 radical (unpaired) electrons. The van der Waals surface area contributed by atoms with Gasteiger partial charge in [-0.2, -0.15) is 0 Å². The van der Waals surface area contributed by atoms with Gasteiger partial charge in [-0.25, -0.2) is 14.2 Å². The molecular formula is C25H28FN7O3. The molecule has 0 spiro atoms. The Morgan fingerprint density at radius 2 is 2.22 bits per heavy atom. The van der Waals surface area contributed by atoms with Crippen LogP contribution in [0.1, 0.15) is 12.5 Å². The summed E-state index contributed by atoms with van der Waals surface area (Å²) in [6.07, 6.45) is 3.88. The minimum atomic E-state index is -0.657. The fourth-order valence-corrected chi connectivity index (χ4v) is 3.80. The molecule has 1 amide bonds. The lowest BCUT2D eigenvalue weighted by atomic mass is 10.0. The summed E-state index contributed by atoms with van der Waals surface area (Å²) in [5.74, 6) is -0.353. The van der Waals surface area contributed by atoms with Crippen LogP contribution in [0.5, 0.6) is 0 Å². The number of H-pyrrole nitrogens is 1. The molecule has 188 valence electrons. The molecule has 4 N–H and O–H groups in total. The zero-order valence-corrected chi connectivity index (χ0v) is 20.0. The number of nitrogens with two attached hydrogens (primary N) is 1. The highest BCUT2D eigenvalue weighted by Gasteiger charge is 2.18. The molecule has 0 saturated carbocycles. The number of ether oxygens (including phenoxy) is 2. The average molecular weight is 494 g/mol. The lowest BCUT2D eigenvalue weighted by Crippen LogP contribution is -2.37. The number of carbonyl (C=O) groups is 1. The standard InChI is InChI=1S/C25H28FN7O3/c1-3-36-25(34)32-24-30-21-12-17(11-19(23(21)31-24)22-20(26)5-4-6-28-22)18(13-27)14-29-16(2)15-33-7-9-35-10-8-33/h4-6,11-14H,2-3,7-10,15,27H2,1H3,(H2,30,31,32,34)/b18-13+,29-14?. The maximum Gasteiger partial charge on any atom is 0.413 e. The Morgan fingerprint density at radius 3 is 2.94 bits per heavy atom. The number of allylic oxidation sites excluding steroid dienone is 1. The molecule has 1 fully saturated rings. The van der Waals surface area contributed by atoms with Crippen molar-refractivity contribution in [1.29, 1.82) is 0 Å². The highest BCUT2D eigenvalue weighted by molar-refractivity contribution is 6.12. The molecule has 1 aliphatic rings. The van der Waals surface area contributed by atoms with Gasteiger partial charge in [0.1, 0.15) is 17.0 Å². The van der Waals surface area contributed by atoms with Crippen molar-refractivity contribution < 1.29 is 18.7 Å². The van der Waals surface area contributed by atoms with E-state index >= 15 is 0 Å². The van der Waals surface area contributed by atoms with Crippen molar-refractivity contribution >= 4 is 34.9 Å². The minimum Gasteiger partial charge on any atom is -0.450 e. The van der Waals surface area contributed by atoms with Crippen molar-refractivity contribution in [2.75, 3.05) is 44.8 Å². The van der Waals surface area contributed by atoms with Gasteiger partial charge in [0, 0.05) is 55.1 Å². The first-order valence-corrected chi connectivity index (χ1v) is 11.5. The van der Waals surface area contributed by atoms with Crippen LogP contribution in [0.25, 0.3) is 27.9 Å². The number of aliphatic imine (C=N–C) groups is 1. The molecule has 3 aromatic rings. The molecule has 0 atom stereocenters. The van der Waals surface area contributed by atoms with Gasteiger partial charge in [-0.3, -0.25) is 20.2 Å². The number of rotatable bonds is 8. The summed E-state index contributed by atoms with van der Waals surface area (Å²) in [6.45, 7) is 9.60. The highest BCUT2D eigenvalue weighted by Crippen LogP contribution is 2.32. The first kappa shape index (κ1) is 25.0. The van der Waals surface area contributed by atoms with E-state index in [9.17, 15) is 9.18 Å². The number of fused-ring (bicyclic) bond motifs is 1. The topological polar surface area (TPSA) is 131 Å². The molecule has 1 saturated heterocycles. The van der Waals surface area contributed by atoms with Gasteiger partial charge < -0.3 is 20.2 Å². The lowest BCUT2D eigenvalue weighted by Gasteiger charge is -2.26. The van der Waals surface area contributed by atoms with E-state index in [-0.39, 0.29) is 18.2 Å². The van der Waals surface area contributed by atoms with Gasteiger partial charge in [0.2, 0.25) is 5.95 Å². The summed E-state index contributed by atoms with van der Waals surface area (Å²) in [4.78, 5) is 30.3. The Morgan fingerprint density at radius 1 is 1.42 bits per heavy atom. The molecule has 1 aliphatic heterocycles. The Bertz CT molecular complexity index is 1310. The summed E-state index contributed by atoms with van der Waals surface area (Å²) < 4.78 is 25.0. The summed E-state index contributed by atoms with van der Waals surface area (Å²) in [6, 6.07) is 6.36. The number of hydrogen-bond donors (Lipinski definition) is 3. The molecule has 11 heteroatoms. The van der Waals surface area contributed by atoms with Crippen molar-refractivity contribution in [2.24, 2.45) is 10.7 Å². The zero-order valence-electron chi connectivity index (χ0n) is 20.0. The number of amides is 1. The fourth-order valence-electron chi connectivity index (χ4n) is 3.80. The number of halogens is 1. The molecular weight excluding hydrogens is 465 g/mol. The first-order chi connectivity index (χ1) is 17.5. The van der Waals surface area contributed by atoms with E-state index in [0.29, 0.717) is 53.2 Å². The van der Waals surface area contributed by atoms with Crippen LogP contribution in [0.4, 0.5) is 15.1 Å². The largest absolute Gasteiger partial charge is 0.450 e. The lowest BCUT2D eigenvalue weighted by molar-refractivity contribution is 0.0422. The van der Waals surface area contributed by atoms with Gasteiger partial charge in [-0.05, 0) is 36.8 Å². The number of pyridine rings is 1. The van der Waals surface area contributed by atoms with Gasteiger partial charge in [-0.1, -0.05) is 6.58 Å². The molecule has 1 aromatic carbocycles. The quantitative estimate of drug-likeness (QED) is 0.409. The molecule has 0 aliphatic carbocycles. The second kappa shape index (κ2) is 11.6. The number of anilines is 1. The number of hydrogen-bond acceptors (Lipinski definition) is 8. The molecule has 4 rings (SSSR count). The molecule has 2 aromatic heterocycles.